The molecule has 0 saturated carbocycles. The molecule has 24 heavy (non-hydrogen) atoms. The van der Waals surface area contributed by atoms with Crippen LogP contribution in [-0.2, 0) is 11.4 Å². The summed E-state index contributed by atoms with van der Waals surface area (Å²) >= 11 is 0. The first-order valence-electron chi connectivity index (χ1n) is 8.03. The Morgan fingerprint density at radius 1 is 1.21 bits per heavy atom. The molecule has 0 amide bonds. The average Bonchev–Trinajstić information content (AvgIpc) is 3.11. The molecule has 1 aliphatic heterocycles. The van der Waals surface area contributed by atoms with E-state index in [9.17, 15) is 4.79 Å². The van der Waals surface area contributed by atoms with Crippen LogP contribution in [0.1, 0.15) is 25.0 Å². The number of aromatic amines is 1. The van der Waals surface area contributed by atoms with Crippen LogP contribution < -0.4 is 11.0 Å². The molecule has 2 aromatic heterocycles. The van der Waals surface area contributed by atoms with E-state index < -0.39 is 0 Å². The Hall–Kier alpha value is -2.79. The van der Waals surface area contributed by atoms with Gasteiger partial charge in [-0.3, -0.25) is 4.79 Å². The van der Waals surface area contributed by atoms with E-state index in [1.54, 1.807) is 0 Å². The highest BCUT2D eigenvalue weighted by Gasteiger charge is 2.25. The molecule has 4 rings (SSSR count). The molecule has 3 heterocycles. The summed E-state index contributed by atoms with van der Waals surface area (Å²) in [6, 6.07) is 14.2. The molecular formula is C19H19N3O2. The SMILES string of the molecule is CC1=C(c2cc3c(ccn3Cc3ccccc3)[nH]c2=O)C(C)NO1. The first-order valence-corrected chi connectivity index (χ1v) is 8.03. The molecule has 1 unspecified atom stereocenters. The van der Waals surface area contributed by atoms with Gasteiger partial charge in [-0.15, -0.1) is 5.48 Å². The highest BCUT2D eigenvalue weighted by molar-refractivity contribution is 5.82. The molecule has 0 bridgehead atoms. The predicted octanol–water partition coefficient (Wildman–Crippen LogP) is 3.03. The molecule has 1 aliphatic rings. The van der Waals surface area contributed by atoms with Crippen molar-refractivity contribution in [3.8, 4) is 0 Å². The van der Waals surface area contributed by atoms with Crippen molar-refractivity contribution >= 4 is 16.6 Å². The fourth-order valence-electron chi connectivity index (χ4n) is 3.28. The lowest BCUT2D eigenvalue weighted by Gasteiger charge is -2.09. The molecule has 0 aliphatic carbocycles. The third-order valence-electron chi connectivity index (χ3n) is 4.47. The number of hydroxylamine groups is 1. The summed E-state index contributed by atoms with van der Waals surface area (Å²) in [4.78, 5) is 20.9. The van der Waals surface area contributed by atoms with Gasteiger partial charge < -0.3 is 14.4 Å². The molecule has 0 spiro atoms. The van der Waals surface area contributed by atoms with Crippen LogP contribution in [0.5, 0.6) is 0 Å². The molecule has 0 fully saturated rings. The zero-order valence-electron chi connectivity index (χ0n) is 13.7. The van der Waals surface area contributed by atoms with Crippen molar-refractivity contribution in [1.29, 1.82) is 0 Å². The van der Waals surface area contributed by atoms with Crippen molar-refractivity contribution < 1.29 is 4.84 Å². The van der Waals surface area contributed by atoms with E-state index in [0.29, 0.717) is 5.56 Å². The molecule has 0 saturated heterocycles. The maximum atomic E-state index is 12.5. The first kappa shape index (κ1) is 14.8. The number of hydrogen-bond acceptors (Lipinski definition) is 3. The second-order valence-corrected chi connectivity index (χ2v) is 6.15. The number of nitrogens with zero attached hydrogens (tertiary/aromatic N) is 1. The highest BCUT2D eigenvalue weighted by Crippen LogP contribution is 2.27. The van der Waals surface area contributed by atoms with Gasteiger partial charge in [0, 0.05) is 18.3 Å². The number of pyridine rings is 1. The summed E-state index contributed by atoms with van der Waals surface area (Å²) in [6.07, 6.45) is 2.01. The fourth-order valence-corrected chi connectivity index (χ4v) is 3.28. The second-order valence-electron chi connectivity index (χ2n) is 6.15. The third kappa shape index (κ3) is 2.43. The second kappa shape index (κ2) is 5.69. The number of hydrogen-bond donors (Lipinski definition) is 2. The van der Waals surface area contributed by atoms with E-state index in [1.165, 1.54) is 5.56 Å². The Labute approximate surface area is 139 Å². The largest absolute Gasteiger partial charge is 0.413 e. The van der Waals surface area contributed by atoms with Crippen LogP contribution in [0.2, 0.25) is 0 Å². The van der Waals surface area contributed by atoms with Crippen LogP contribution in [-0.4, -0.2) is 15.6 Å². The quantitative estimate of drug-likeness (QED) is 0.779. The smallest absolute Gasteiger partial charge is 0.256 e. The number of H-pyrrole nitrogens is 1. The van der Waals surface area contributed by atoms with Gasteiger partial charge in [0.15, 0.2) is 0 Å². The van der Waals surface area contributed by atoms with Gasteiger partial charge >= 0.3 is 0 Å². The minimum atomic E-state index is -0.0894. The van der Waals surface area contributed by atoms with Crippen molar-refractivity contribution in [3.05, 3.63) is 75.9 Å². The van der Waals surface area contributed by atoms with E-state index in [2.05, 4.69) is 27.2 Å². The van der Waals surface area contributed by atoms with Crippen molar-refractivity contribution in [1.82, 2.24) is 15.0 Å². The standard InChI is InChI=1S/C19H19N3O2/c1-12-18(13(2)24-21-12)15-10-17-16(20-19(15)23)8-9-22(17)11-14-6-4-3-5-7-14/h3-10,12,21H,11H2,1-2H3,(H,20,23). The topological polar surface area (TPSA) is 59.0 Å². The normalized spacial score (nSPS) is 17.5. The van der Waals surface area contributed by atoms with Gasteiger partial charge in [0.1, 0.15) is 5.76 Å². The van der Waals surface area contributed by atoms with Crippen LogP contribution in [0.25, 0.3) is 16.6 Å². The van der Waals surface area contributed by atoms with Crippen molar-refractivity contribution in [2.75, 3.05) is 0 Å². The molecule has 3 aromatic rings. The predicted molar refractivity (Wildman–Crippen MR) is 94.4 cm³/mol. The number of benzene rings is 1. The summed E-state index contributed by atoms with van der Waals surface area (Å²) in [5, 5.41) is 0. The Morgan fingerprint density at radius 3 is 2.71 bits per heavy atom. The van der Waals surface area contributed by atoms with Crippen molar-refractivity contribution in [2.45, 2.75) is 26.4 Å². The van der Waals surface area contributed by atoms with E-state index in [0.717, 1.165) is 28.9 Å². The van der Waals surface area contributed by atoms with E-state index in [-0.39, 0.29) is 11.6 Å². The van der Waals surface area contributed by atoms with Gasteiger partial charge in [-0.1, -0.05) is 30.3 Å². The van der Waals surface area contributed by atoms with Gasteiger partial charge in [-0.2, -0.15) is 0 Å². The highest BCUT2D eigenvalue weighted by atomic mass is 16.7. The third-order valence-corrected chi connectivity index (χ3v) is 4.47. The Kier molecular flexibility index (Phi) is 3.50. The maximum Gasteiger partial charge on any atom is 0.256 e. The molecule has 2 N–H and O–H groups in total. The maximum absolute atomic E-state index is 12.5. The lowest BCUT2D eigenvalue weighted by molar-refractivity contribution is 0.122. The van der Waals surface area contributed by atoms with Crippen LogP contribution in [0.3, 0.4) is 0 Å². The van der Waals surface area contributed by atoms with E-state index in [4.69, 9.17) is 4.84 Å². The molecule has 0 radical (unpaired) electrons. The number of fused-ring (bicyclic) bond motifs is 1. The molecule has 1 atom stereocenters. The minimum Gasteiger partial charge on any atom is -0.413 e. The molecule has 5 nitrogen and oxygen atoms in total. The van der Waals surface area contributed by atoms with Crippen LogP contribution >= 0.6 is 0 Å². The molecule has 1 aromatic carbocycles. The monoisotopic (exact) mass is 321 g/mol. The van der Waals surface area contributed by atoms with E-state index in [1.807, 2.05) is 50.4 Å². The molecule has 5 heteroatoms. The number of rotatable bonds is 3. The van der Waals surface area contributed by atoms with Crippen molar-refractivity contribution in [2.24, 2.45) is 0 Å². The van der Waals surface area contributed by atoms with E-state index >= 15 is 0 Å². The van der Waals surface area contributed by atoms with Crippen LogP contribution in [0, 0.1) is 0 Å². The first-order chi connectivity index (χ1) is 11.6. The number of aromatic nitrogens is 2. The zero-order valence-corrected chi connectivity index (χ0v) is 13.7. The Bertz CT molecular complexity index is 983. The minimum absolute atomic E-state index is 0.0129. The van der Waals surface area contributed by atoms with Crippen LogP contribution in [0.4, 0.5) is 0 Å². The molecular weight excluding hydrogens is 302 g/mol. The lowest BCUT2D eigenvalue weighted by atomic mass is 10.0. The summed E-state index contributed by atoms with van der Waals surface area (Å²) in [5.74, 6) is 0.744. The van der Waals surface area contributed by atoms with Gasteiger partial charge in [0.05, 0.1) is 22.6 Å². The zero-order chi connectivity index (χ0) is 16.7. The van der Waals surface area contributed by atoms with Gasteiger partial charge in [-0.25, -0.2) is 0 Å². The Balaban J connectivity index is 1.83. The van der Waals surface area contributed by atoms with Crippen LogP contribution in [0.15, 0.2) is 59.2 Å². The summed E-state index contributed by atoms with van der Waals surface area (Å²) in [6.45, 7) is 4.62. The fraction of sp³-hybridized carbons (Fsp3) is 0.211. The molecule has 122 valence electrons. The number of nitrogens with one attached hydrogen (secondary N) is 2. The van der Waals surface area contributed by atoms with Gasteiger partial charge in [0.2, 0.25) is 0 Å². The van der Waals surface area contributed by atoms with Gasteiger partial charge in [-0.05, 0) is 31.5 Å². The van der Waals surface area contributed by atoms with Crippen molar-refractivity contribution in [3.63, 3.8) is 0 Å². The average molecular weight is 321 g/mol. The Morgan fingerprint density at radius 2 is 2.00 bits per heavy atom. The van der Waals surface area contributed by atoms with Gasteiger partial charge in [0.25, 0.3) is 5.56 Å². The number of allylic oxidation sites excluding steroid dienone is 1. The summed E-state index contributed by atoms with van der Waals surface area (Å²) in [5.41, 5.74) is 7.46. The lowest BCUT2D eigenvalue weighted by Crippen LogP contribution is -2.22. The summed E-state index contributed by atoms with van der Waals surface area (Å²) < 4.78 is 2.15. The summed E-state index contributed by atoms with van der Waals surface area (Å²) in [7, 11) is 0.